The molecule has 3 aromatic rings. The van der Waals surface area contributed by atoms with Gasteiger partial charge < -0.3 is 19.5 Å². The highest BCUT2D eigenvalue weighted by atomic mass is 32.2. The second-order valence-corrected chi connectivity index (χ2v) is 9.27. The van der Waals surface area contributed by atoms with Crippen molar-refractivity contribution in [3.8, 4) is 5.69 Å². The van der Waals surface area contributed by atoms with Gasteiger partial charge in [0, 0.05) is 35.9 Å². The minimum Gasteiger partial charge on any atom is -0.378 e. The van der Waals surface area contributed by atoms with Crippen molar-refractivity contribution >= 4 is 40.3 Å². The van der Waals surface area contributed by atoms with Crippen LogP contribution in [0.4, 0.5) is 15.8 Å². The zero-order valence-corrected chi connectivity index (χ0v) is 19.9. The topological polar surface area (TPSA) is 58.9 Å². The molecule has 2 fully saturated rings. The third-order valence-electron chi connectivity index (χ3n) is 5.95. The number of aromatic nitrogens is 1. The van der Waals surface area contributed by atoms with Gasteiger partial charge in [0.05, 0.1) is 23.8 Å². The summed E-state index contributed by atoms with van der Waals surface area (Å²) in [5.41, 5.74) is 6.00. The molecular weight excluding hydrogens is 451 g/mol. The van der Waals surface area contributed by atoms with Crippen LogP contribution in [0.5, 0.6) is 0 Å². The van der Waals surface area contributed by atoms with E-state index in [1.54, 1.807) is 12.1 Å². The van der Waals surface area contributed by atoms with E-state index in [-0.39, 0.29) is 11.7 Å². The number of nitrogens with zero attached hydrogens (tertiary/aromatic N) is 3. The number of anilines is 1. The number of aryl methyl sites for hydroxylation is 1. The van der Waals surface area contributed by atoms with E-state index in [0.717, 1.165) is 48.9 Å². The lowest BCUT2D eigenvalue weighted by Crippen LogP contribution is -2.36. The predicted octanol–water partition coefficient (Wildman–Crippen LogP) is 4.96. The van der Waals surface area contributed by atoms with E-state index >= 15 is 0 Å². The van der Waals surface area contributed by atoms with Crippen LogP contribution < -0.4 is 10.2 Å². The number of nitrogens with one attached hydrogen (secondary N) is 1. The summed E-state index contributed by atoms with van der Waals surface area (Å²) in [6.07, 6.45) is 1.90. The van der Waals surface area contributed by atoms with Crippen molar-refractivity contribution < 1.29 is 13.9 Å². The average Bonchev–Trinajstić information content (AvgIpc) is 3.33. The number of hydrogen-bond donors (Lipinski definition) is 1. The second-order valence-electron chi connectivity index (χ2n) is 8.24. The van der Waals surface area contributed by atoms with Gasteiger partial charge in [-0.3, -0.25) is 4.79 Å². The number of aliphatic imine (C=N–C) groups is 1. The Labute approximate surface area is 202 Å². The summed E-state index contributed by atoms with van der Waals surface area (Å²) in [5, 5.41) is 3.27. The Morgan fingerprint density at radius 1 is 1.03 bits per heavy atom. The Morgan fingerprint density at radius 3 is 2.41 bits per heavy atom. The zero-order valence-electron chi connectivity index (χ0n) is 19.0. The number of carbonyl (C=O) groups is 1. The van der Waals surface area contributed by atoms with Gasteiger partial charge >= 0.3 is 0 Å². The second kappa shape index (κ2) is 9.48. The van der Waals surface area contributed by atoms with Gasteiger partial charge in [0.15, 0.2) is 5.17 Å². The molecule has 0 saturated carbocycles. The molecule has 1 amide bonds. The van der Waals surface area contributed by atoms with E-state index in [4.69, 9.17) is 4.74 Å². The van der Waals surface area contributed by atoms with Gasteiger partial charge in [-0.15, -0.1) is 0 Å². The summed E-state index contributed by atoms with van der Waals surface area (Å²) in [6, 6.07) is 16.5. The third kappa shape index (κ3) is 4.64. The number of amides is 1. The van der Waals surface area contributed by atoms with Crippen LogP contribution in [0.3, 0.4) is 0 Å². The molecule has 0 spiro atoms. The Hall–Kier alpha value is -3.36. The lowest BCUT2D eigenvalue weighted by molar-refractivity contribution is -0.115. The maximum absolute atomic E-state index is 13.1. The molecule has 0 unspecified atom stereocenters. The predicted molar refractivity (Wildman–Crippen MR) is 135 cm³/mol. The van der Waals surface area contributed by atoms with Crippen LogP contribution in [0.15, 0.2) is 64.5 Å². The monoisotopic (exact) mass is 476 g/mol. The molecule has 1 N–H and O–H groups in total. The van der Waals surface area contributed by atoms with Crippen LogP contribution in [0.2, 0.25) is 0 Å². The molecule has 3 heterocycles. The molecule has 5 rings (SSSR count). The first kappa shape index (κ1) is 22.4. The zero-order chi connectivity index (χ0) is 23.7. The molecule has 0 bridgehead atoms. The van der Waals surface area contributed by atoms with E-state index in [2.05, 4.69) is 64.0 Å². The fourth-order valence-corrected chi connectivity index (χ4v) is 5.05. The Balaban J connectivity index is 1.37. The number of rotatable bonds is 4. The molecule has 0 aliphatic carbocycles. The van der Waals surface area contributed by atoms with Crippen molar-refractivity contribution in [3.05, 3.63) is 82.3 Å². The molecule has 1 aromatic heterocycles. The van der Waals surface area contributed by atoms with Crippen LogP contribution in [0, 0.1) is 19.7 Å². The van der Waals surface area contributed by atoms with Crippen LogP contribution in [-0.2, 0) is 9.53 Å². The number of halogens is 1. The van der Waals surface area contributed by atoms with Gasteiger partial charge in [-0.25, -0.2) is 9.38 Å². The summed E-state index contributed by atoms with van der Waals surface area (Å²) in [5.74, 6) is -0.510. The van der Waals surface area contributed by atoms with Gasteiger partial charge in [0.25, 0.3) is 5.91 Å². The Morgan fingerprint density at radius 2 is 1.71 bits per heavy atom. The van der Waals surface area contributed by atoms with Crippen molar-refractivity contribution in [3.63, 3.8) is 0 Å². The van der Waals surface area contributed by atoms with E-state index in [1.165, 1.54) is 29.6 Å². The number of thioether (sulfide) groups is 1. The van der Waals surface area contributed by atoms with E-state index in [0.29, 0.717) is 15.8 Å². The fourth-order valence-electron chi connectivity index (χ4n) is 4.22. The maximum Gasteiger partial charge on any atom is 0.264 e. The molecule has 6 nitrogen and oxygen atoms in total. The van der Waals surface area contributed by atoms with Gasteiger partial charge in [0.2, 0.25) is 0 Å². The minimum atomic E-state index is -0.321. The lowest BCUT2D eigenvalue weighted by atomic mass is 10.2. The van der Waals surface area contributed by atoms with Gasteiger partial charge in [-0.1, -0.05) is 0 Å². The first-order valence-electron chi connectivity index (χ1n) is 11.2. The molecule has 2 saturated heterocycles. The molecule has 8 heteroatoms. The molecule has 0 radical (unpaired) electrons. The highest BCUT2D eigenvalue weighted by Gasteiger charge is 2.24. The number of hydrogen-bond acceptors (Lipinski definition) is 5. The van der Waals surface area contributed by atoms with E-state index < -0.39 is 0 Å². The standard InChI is InChI=1S/C26H25FN4O2S/c1-17-15-19(16-24-25(32)29-26(34-24)28-21-5-3-20(27)4-6-21)18(2)31(17)23-9-7-22(8-10-23)30-11-13-33-14-12-30/h3-10,15-16H,11-14H2,1-2H3,(H,28,29,32)/b24-16-. The SMILES string of the molecule is Cc1cc(/C=C2\SC(=Nc3ccc(F)cc3)NC2=O)c(C)n1-c1ccc(N2CCOCC2)cc1. The summed E-state index contributed by atoms with van der Waals surface area (Å²) >= 11 is 1.28. The molecular formula is C26H25FN4O2S. The largest absolute Gasteiger partial charge is 0.378 e. The fraction of sp³-hybridized carbons (Fsp3) is 0.231. The molecule has 34 heavy (non-hydrogen) atoms. The Bertz CT molecular complexity index is 1270. The van der Waals surface area contributed by atoms with Crippen LogP contribution in [0.25, 0.3) is 11.8 Å². The maximum atomic E-state index is 13.1. The third-order valence-corrected chi connectivity index (χ3v) is 6.86. The molecule has 0 atom stereocenters. The highest BCUT2D eigenvalue weighted by Crippen LogP contribution is 2.31. The smallest absolute Gasteiger partial charge is 0.264 e. The first-order valence-corrected chi connectivity index (χ1v) is 12.0. The van der Waals surface area contributed by atoms with E-state index in [1.807, 2.05) is 6.08 Å². The van der Waals surface area contributed by atoms with Crippen LogP contribution in [-0.4, -0.2) is 41.9 Å². The number of ether oxygens (including phenoxy) is 1. The number of carbonyl (C=O) groups excluding carboxylic acids is 1. The van der Waals surface area contributed by atoms with Crippen molar-refractivity contribution in [2.24, 2.45) is 4.99 Å². The minimum absolute atomic E-state index is 0.189. The molecule has 2 aliphatic rings. The summed E-state index contributed by atoms with van der Waals surface area (Å²) in [7, 11) is 0. The van der Waals surface area contributed by atoms with Gasteiger partial charge in [-0.2, -0.15) is 0 Å². The van der Waals surface area contributed by atoms with Gasteiger partial charge in [0.1, 0.15) is 5.82 Å². The molecule has 174 valence electrons. The first-order chi connectivity index (χ1) is 16.5. The van der Waals surface area contributed by atoms with Crippen LogP contribution >= 0.6 is 11.8 Å². The normalized spacial score (nSPS) is 18.7. The average molecular weight is 477 g/mol. The summed E-state index contributed by atoms with van der Waals surface area (Å²) in [6.45, 7) is 7.46. The summed E-state index contributed by atoms with van der Waals surface area (Å²) < 4.78 is 20.8. The van der Waals surface area contributed by atoms with Crippen molar-refractivity contribution in [1.82, 2.24) is 9.88 Å². The number of morpholine rings is 1. The number of amidine groups is 1. The van der Waals surface area contributed by atoms with Gasteiger partial charge in [-0.05, 0) is 91.8 Å². The van der Waals surface area contributed by atoms with Crippen molar-refractivity contribution in [2.75, 3.05) is 31.2 Å². The lowest BCUT2D eigenvalue weighted by Gasteiger charge is -2.29. The van der Waals surface area contributed by atoms with Crippen LogP contribution in [0.1, 0.15) is 17.0 Å². The Kier molecular flexibility index (Phi) is 6.26. The number of benzene rings is 2. The quantitative estimate of drug-likeness (QED) is 0.541. The molecule has 2 aliphatic heterocycles. The van der Waals surface area contributed by atoms with Crippen molar-refractivity contribution in [1.29, 1.82) is 0 Å². The molecule has 2 aromatic carbocycles. The van der Waals surface area contributed by atoms with E-state index in [9.17, 15) is 9.18 Å². The highest BCUT2D eigenvalue weighted by molar-refractivity contribution is 8.18. The van der Waals surface area contributed by atoms with Crippen molar-refractivity contribution in [2.45, 2.75) is 13.8 Å². The summed E-state index contributed by atoms with van der Waals surface area (Å²) in [4.78, 5) is 19.8.